The first-order valence-corrected chi connectivity index (χ1v) is 16.2. The first-order valence-electron chi connectivity index (χ1n) is 13.9. The smallest absolute Gasteiger partial charge is 0.244 e. The highest BCUT2D eigenvalue weighted by Crippen LogP contribution is 2.27. The summed E-state index contributed by atoms with van der Waals surface area (Å²) >= 11 is 6.50. The van der Waals surface area contributed by atoms with Gasteiger partial charge in [0.05, 0.1) is 11.9 Å². The molecular formula is C33H42ClN3O4S. The van der Waals surface area contributed by atoms with Crippen LogP contribution < -0.4 is 9.62 Å². The summed E-state index contributed by atoms with van der Waals surface area (Å²) in [6, 6.07) is 22.8. The first kappa shape index (κ1) is 33.1. The van der Waals surface area contributed by atoms with Gasteiger partial charge in [-0.15, -0.1) is 0 Å². The molecule has 0 saturated carbocycles. The Morgan fingerprint density at radius 1 is 0.857 bits per heavy atom. The van der Waals surface area contributed by atoms with Crippen LogP contribution in [0.15, 0.2) is 78.9 Å². The molecule has 1 N–H and O–H groups in total. The molecule has 2 amide bonds. The fraction of sp³-hybridized carbons (Fsp3) is 0.394. The van der Waals surface area contributed by atoms with Crippen molar-refractivity contribution in [1.29, 1.82) is 0 Å². The molecule has 0 spiro atoms. The highest BCUT2D eigenvalue weighted by atomic mass is 35.5. The Hall–Kier alpha value is -3.36. The largest absolute Gasteiger partial charge is 0.350 e. The van der Waals surface area contributed by atoms with Crippen LogP contribution in [0.2, 0.25) is 5.02 Å². The van der Waals surface area contributed by atoms with E-state index in [0.29, 0.717) is 16.3 Å². The van der Waals surface area contributed by atoms with Gasteiger partial charge in [-0.3, -0.25) is 13.9 Å². The van der Waals surface area contributed by atoms with E-state index in [1.54, 1.807) is 30.3 Å². The third kappa shape index (κ3) is 9.33. The lowest BCUT2D eigenvalue weighted by molar-refractivity contribution is -0.140. The summed E-state index contributed by atoms with van der Waals surface area (Å²) in [7, 11) is -3.85. The summed E-state index contributed by atoms with van der Waals surface area (Å²) in [5.74, 6) is -0.863. The number of carbonyl (C=O) groups excluding carboxylic acids is 2. The zero-order valence-electron chi connectivity index (χ0n) is 25.5. The Bertz CT molecular complexity index is 1480. The van der Waals surface area contributed by atoms with Crippen LogP contribution in [-0.2, 0) is 38.0 Å². The maximum atomic E-state index is 14.2. The summed E-state index contributed by atoms with van der Waals surface area (Å²) in [6.07, 6.45) is 1.31. The topological polar surface area (TPSA) is 86.8 Å². The van der Waals surface area contributed by atoms with Crippen molar-refractivity contribution in [2.24, 2.45) is 0 Å². The molecule has 3 rings (SSSR count). The second-order valence-corrected chi connectivity index (χ2v) is 14.9. The average molecular weight is 612 g/mol. The van der Waals surface area contributed by atoms with Gasteiger partial charge < -0.3 is 10.2 Å². The van der Waals surface area contributed by atoms with Crippen LogP contribution in [0, 0.1) is 0 Å². The van der Waals surface area contributed by atoms with Crippen molar-refractivity contribution in [2.75, 3.05) is 17.1 Å². The lowest BCUT2D eigenvalue weighted by Gasteiger charge is -2.35. The van der Waals surface area contributed by atoms with Gasteiger partial charge in [-0.05, 0) is 61.1 Å². The number of hydrogen-bond acceptors (Lipinski definition) is 4. The van der Waals surface area contributed by atoms with Crippen molar-refractivity contribution in [1.82, 2.24) is 10.2 Å². The standard InChI is InChI=1S/C33H42ClN3O4S/c1-32(2,3)26-17-19-27(20-18-26)37(42(7,40)41)23-30(38)36(22-25-15-11-12-16-28(25)34)29(31(39)35-33(4,5)6)21-24-13-9-8-10-14-24/h8-20,29H,21-23H2,1-7H3,(H,35,39). The predicted octanol–water partition coefficient (Wildman–Crippen LogP) is 5.96. The Labute approximate surface area is 255 Å². The molecule has 1 unspecified atom stereocenters. The van der Waals surface area contributed by atoms with E-state index in [-0.39, 0.29) is 24.3 Å². The number of benzene rings is 3. The molecule has 42 heavy (non-hydrogen) atoms. The van der Waals surface area contributed by atoms with Gasteiger partial charge in [0.25, 0.3) is 0 Å². The molecule has 7 nitrogen and oxygen atoms in total. The van der Waals surface area contributed by atoms with E-state index in [0.717, 1.165) is 21.7 Å². The van der Waals surface area contributed by atoms with Gasteiger partial charge in [0.15, 0.2) is 0 Å². The molecule has 0 aromatic heterocycles. The van der Waals surface area contributed by atoms with Crippen molar-refractivity contribution in [3.05, 3.63) is 101 Å². The number of rotatable bonds is 10. The van der Waals surface area contributed by atoms with Crippen LogP contribution in [-0.4, -0.2) is 49.5 Å². The summed E-state index contributed by atoms with van der Waals surface area (Å²) in [5, 5.41) is 3.46. The quantitative estimate of drug-likeness (QED) is 0.307. The molecule has 3 aromatic rings. The minimum atomic E-state index is -3.85. The second-order valence-electron chi connectivity index (χ2n) is 12.6. The van der Waals surface area contributed by atoms with Gasteiger partial charge in [-0.25, -0.2) is 8.42 Å². The molecule has 0 aliphatic heterocycles. The van der Waals surface area contributed by atoms with Crippen molar-refractivity contribution in [2.45, 2.75) is 71.5 Å². The molecule has 0 aliphatic rings. The van der Waals surface area contributed by atoms with Crippen molar-refractivity contribution < 1.29 is 18.0 Å². The van der Waals surface area contributed by atoms with Crippen molar-refractivity contribution in [3.63, 3.8) is 0 Å². The molecule has 226 valence electrons. The maximum Gasteiger partial charge on any atom is 0.244 e. The zero-order chi connectivity index (χ0) is 31.3. The summed E-state index contributed by atoms with van der Waals surface area (Å²) in [4.78, 5) is 29.5. The molecule has 9 heteroatoms. The number of anilines is 1. The number of halogens is 1. The summed E-state index contributed by atoms with van der Waals surface area (Å²) < 4.78 is 27.1. The zero-order valence-corrected chi connectivity index (χ0v) is 27.1. The van der Waals surface area contributed by atoms with Crippen LogP contribution in [0.1, 0.15) is 58.2 Å². The number of sulfonamides is 1. The van der Waals surface area contributed by atoms with Crippen molar-refractivity contribution in [3.8, 4) is 0 Å². The Kier molecular flexibility index (Phi) is 10.5. The van der Waals surface area contributed by atoms with E-state index in [1.807, 2.05) is 69.3 Å². The number of amides is 2. The monoisotopic (exact) mass is 611 g/mol. The van der Waals surface area contributed by atoms with Crippen LogP contribution in [0.4, 0.5) is 5.69 Å². The number of nitrogens with zero attached hydrogens (tertiary/aromatic N) is 2. The summed E-state index contributed by atoms with van der Waals surface area (Å²) in [6.45, 7) is 11.4. The Balaban J connectivity index is 2.08. The third-order valence-electron chi connectivity index (χ3n) is 6.77. The van der Waals surface area contributed by atoms with Crippen LogP contribution in [0.25, 0.3) is 0 Å². The molecule has 3 aromatic carbocycles. The van der Waals surface area contributed by atoms with Crippen LogP contribution in [0.3, 0.4) is 0 Å². The van der Waals surface area contributed by atoms with E-state index in [4.69, 9.17) is 11.6 Å². The highest BCUT2D eigenvalue weighted by molar-refractivity contribution is 7.92. The third-order valence-corrected chi connectivity index (χ3v) is 8.28. The minimum Gasteiger partial charge on any atom is -0.350 e. The maximum absolute atomic E-state index is 14.2. The normalized spacial score (nSPS) is 12.9. The van der Waals surface area contributed by atoms with Gasteiger partial charge in [0, 0.05) is 23.5 Å². The van der Waals surface area contributed by atoms with E-state index in [9.17, 15) is 18.0 Å². The van der Waals surface area contributed by atoms with Gasteiger partial charge in [-0.1, -0.05) is 93.0 Å². The molecule has 0 saturated heterocycles. The van der Waals surface area contributed by atoms with Gasteiger partial charge in [0.1, 0.15) is 12.6 Å². The number of nitrogens with one attached hydrogen (secondary N) is 1. The lowest BCUT2D eigenvalue weighted by Crippen LogP contribution is -2.56. The van der Waals surface area contributed by atoms with E-state index in [1.165, 1.54) is 4.90 Å². The molecule has 0 bridgehead atoms. The number of carbonyl (C=O) groups is 2. The minimum absolute atomic E-state index is 0.0220. The lowest BCUT2D eigenvalue weighted by atomic mass is 9.87. The average Bonchev–Trinajstić information content (AvgIpc) is 2.88. The fourth-order valence-electron chi connectivity index (χ4n) is 4.56. The molecule has 0 fully saturated rings. The second kappa shape index (κ2) is 13.3. The van der Waals surface area contributed by atoms with E-state index in [2.05, 4.69) is 26.1 Å². The molecule has 0 heterocycles. The highest BCUT2D eigenvalue weighted by Gasteiger charge is 2.34. The van der Waals surface area contributed by atoms with Crippen LogP contribution in [0.5, 0.6) is 0 Å². The van der Waals surface area contributed by atoms with E-state index < -0.39 is 34.1 Å². The Morgan fingerprint density at radius 2 is 1.43 bits per heavy atom. The van der Waals surface area contributed by atoms with Crippen molar-refractivity contribution >= 4 is 39.1 Å². The molecule has 0 aliphatic carbocycles. The summed E-state index contributed by atoms with van der Waals surface area (Å²) in [5.41, 5.74) is 2.24. The fourth-order valence-corrected chi connectivity index (χ4v) is 5.60. The van der Waals surface area contributed by atoms with Crippen LogP contribution >= 0.6 is 11.6 Å². The first-order chi connectivity index (χ1) is 19.5. The van der Waals surface area contributed by atoms with Gasteiger partial charge in [-0.2, -0.15) is 0 Å². The Morgan fingerprint density at radius 3 is 1.95 bits per heavy atom. The molecule has 1 atom stereocenters. The van der Waals surface area contributed by atoms with Gasteiger partial charge in [0.2, 0.25) is 21.8 Å². The van der Waals surface area contributed by atoms with Gasteiger partial charge >= 0.3 is 0 Å². The van der Waals surface area contributed by atoms with E-state index >= 15 is 0 Å². The predicted molar refractivity (Wildman–Crippen MR) is 171 cm³/mol. The molecule has 0 radical (unpaired) electrons. The molecular weight excluding hydrogens is 570 g/mol. The number of hydrogen-bond donors (Lipinski definition) is 1. The SMILES string of the molecule is CC(C)(C)NC(=O)C(Cc1ccccc1)N(Cc1ccccc1Cl)C(=O)CN(c1ccc(C(C)(C)C)cc1)S(C)(=O)=O.